The predicted molar refractivity (Wildman–Crippen MR) is 170 cm³/mol. The van der Waals surface area contributed by atoms with Gasteiger partial charge in [-0.2, -0.15) is 0 Å². The van der Waals surface area contributed by atoms with Crippen LogP contribution in [0.3, 0.4) is 0 Å². The van der Waals surface area contributed by atoms with Crippen molar-refractivity contribution < 1.29 is 17.6 Å². The first-order chi connectivity index (χ1) is 20.9. The number of aromatic nitrogens is 3. The van der Waals surface area contributed by atoms with Crippen molar-refractivity contribution in [3.05, 3.63) is 101 Å². The van der Waals surface area contributed by atoms with E-state index in [1.54, 1.807) is 42.6 Å². The number of aryl methyl sites for hydroxylation is 1. The van der Waals surface area contributed by atoms with E-state index in [9.17, 15) is 17.6 Å². The maximum atomic E-state index is 13.4. The molecule has 0 saturated heterocycles. The summed E-state index contributed by atoms with van der Waals surface area (Å²) >= 11 is 0. The maximum absolute atomic E-state index is 13.4. The zero-order valence-corrected chi connectivity index (χ0v) is 25.4. The van der Waals surface area contributed by atoms with Gasteiger partial charge in [-0.15, -0.1) is 0 Å². The topological polar surface area (TPSA) is 156 Å². The predicted octanol–water partition coefficient (Wildman–Crippen LogP) is 4.15. The Hall–Kier alpha value is -5.19. The first-order valence-corrected chi connectivity index (χ1v) is 15.2. The number of carbonyl (C=O) groups excluding carboxylic acids is 1. The number of nitrogen functional groups attached to an aromatic ring is 1. The summed E-state index contributed by atoms with van der Waals surface area (Å²) in [4.78, 5) is 30.2. The highest BCUT2D eigenvalue weighted by molar-refractivity contribution is 7.88. The molecule has 0 aliphatic heterocycles. The first-order valence-electron chi connectivity index (χ1n) is 13.4. The van der Waals surface area contributed by atoms with Crippen LogP contribution in [0, 0.1) is 24.6 Å². The van der Waals surface area contributed by atoms with Crippen LogP contribution >= 0.6 is 0 Å². The van der Waals surface area contributed by atoms with E-state index < -0.39 is 15.8 Å². The summed E-state index contributed by atoms with van der Waals surface area (Å²) in [5, 5.41) is 6.09. The molecule has 226 valence electrons. The van der Waals surface area contributed by atoms with Gasteiger partial charge >= 0.3 is 0 Å². The van der Waals surface area contributed by atoms with Crippen LogP contribution in [0.2, 0.25) is 0 Å². The van der Waals surface area contributed by atoms with Crippen molar-refractivity contribution in [2.24, 2.45) is 4.99 Å². The number of benzene rings is 2. The Morgan fingerprint density at radius 2 is 1.91 bits per heavy atom. The van der Waals surface area contributed by atoms with E-state index in [2.05, 4.69) is 42.4 Å². The number of rotatable bonds is 9. The minimum atomic E-state index is -3.35. The van der Waals surface area contributed by atoms with Gasteiger partial charge in [0.05, 0.1) is 29.7 Å². The Morgan fingerprint density at radius 3 is 2.64 bits per heavy atom. The van der Waals surface area contributed by atoms with Crippen molar-refractivity contribution in [1.29, 1.82) is 0 Å². The van der Waals surface area contributed by atoms with Gasteiger partial charge in [0.1, 0.15) is 35.0 Å². The van der Waals surface area contributed by atoms with Crippen LogP contribution in [0.1, 0.15) is 39.7 Å². The van der Waals surface area contributed by atoms with Gasteiger partial charge in [-0.3, -0.25) is 9.79 Å². The molecule has 0 aliphatic rings. The van der Waals surface area contributed by atoms with Gasteiger partial charge in [-0.1, -0.05) is 30.2 Å². The average Bonchev–Trinajstić information content (AvgIpc) is 2.96. The number of amides is 1. The first kappa shape index (κ1) is 31.7. The van der Waals surface area contributed by atoms with Gasteiger partial charge in [0.15, 0.2) is 0 Å². The second-order valence-electron chi connectivity index (χ2n) is 9.95. The summed E-state index contributed by atoms with van der Waals surface area (Å²) in [6.45, 7) is 3.83. The number of halogens is 1. The number of nitrogens with two attached hydrogens (primary N) is 1. The second kappa shape index (κ2) is 13.9. The normalized spacial score (nSPS) is 12.0. The summed E-state index contributed by atoms with van der Waals surface area (Å²) in [5.41, 5.74) is 9.57. The fourth-order valence-electron chi connectivity index (χ4n) is 4.02. The summed E-state index contributed by atoms with van der Waals surface area (Å²) in [6.07, 6.45) is 5.15. The lowest BCUT2D eigenvalue weighted by Crippen LogP contribution is -2.25. The number of pyridine rings is 1. The lowest BCUT2D eigenvalue weighted by Gasteiger charge is -2.15. The lowest BCUT2D eigenvalue weighted by atomic mass is 10.1. The van der Waals surface area contributed by atoms with Crippen molar-refractivity contribution >= 4 is 45.2 Å². The van der Waals surface area contributed by atoms with Crippen molar-refractivity contribution in [2.45, 2.75) is 26.4 Å². The number of hydrogen-bond acceptors (Lipinski definition) is 9. The van der Waals surface area contributed by atoms with Crippen LogP contribution in [-0.4, -0.2) is 59.1 Å². The van der Waals surface area contributed by atoms with Crippen LogP contribution in [0.25, 0.3) is 0 Å². The van der Waals surface area contributed by atoms with Crippen LogP contribution in [0.4, 0.5) is 27.4 Å². The van der Waals surface area contributed by atoms with Crippen LogP contribution in [-0.2, 0) is 16.6 Å². The summed E-state index contributed by atoms with van der Waals surface area (Å²) in [7, 11) is -1.86. The Kier molecular flexibility index (Phi) is 9.99. The average molecular weight is 615 g/mol. The molecule has 2 heterocycles. The SMILES string of the molecule is Cc1cccc(/N=C/C(C)Nc2ncnc(N)c2C#Cc2ccc(F)cn2)c1C(=O)Nc1cccc(CN(C)S(C)(=O)=O)c1. The van der Waals surface area contributed by atoms with Gasteiger partial charge < -0.3 is 16.4 Å². The van der Waals surface area contributed by atoms with Gasteiger partial charge in [-0.25, -0.2) is 32.1 Å². The number of nitrogens with one attached hydrogen (secondary N) is 2. The molecule has 4 N–H and O–H groups in total. The largest absolute Gasteiger partial charge is 0.382 e. The fraction of sp³-hybridized carbons (Fsp3) is 0.194. The fourth-order valence-corrected chi connectivity index (χ4v) is 4.41. The lowest BCUT2D eigenvalue weighted by molar-refractivity contribution is 0.102. The van der Waals surface area contributed by atoms with Crippen molar-refractivity contribution in [2.75, 3.05) is 29.7 Å². The molecular weight excluding hydrogens is 583 g/mol. The second-order valence-corrected chi connectivity index (χ2v) is 12.0. The molecular formula is C31H31FN8O3S. The van der Waals surface area contributed by atoms with E-state index in [1.165, 1.54) is 29.8 Å². The van der Waals surface area contributed by atoms with E-state index in [1.807, 2.05) is 19.9 Å². The number of anilines is 3. The molecule has 2 aromatic heterocycles. The molecule has 13 heteroatoms. The molecule has 0 aliphatic carbocycles. The standard InChI is InChI=1S/C31H31FN8O3S/c1-20-7-5-10-27(28(20)31(41)39-25-9-6-8-22(15-25)18-40(3)44(4,42)43)35-16-21(2)38-30-26(29(33)36-19-37-30)14-13-24-12-11-23(32)17-34-24/h5-12,15-17,19,21H,18H2,1-4H3,(H,39,41)(H3,33,36,37,38)/b35-16+. The molecule has 11 nitrogen and oxygen atoms in total. The summed E-state index contributed by atoms with van der Waals surface area (Å²) in [5.74, 6) is 5.43. The molecule has 1 unspecified atom stereocenters. The Bertz CT molecular complexity index is 1870. The summed E-state index contributed by atoms with van der Waals surface area (Å²) in [6, 6.07) is 14.7. The third-order valence-electron chi connectivity index (χ3n) is 6.36. The van der Waals surface area contributed by atoms with E-state index in [0.29, 0.717) is 34.0 Å². The van der Waals surface area contributed by atoms with Crippen molar-refractivity contribution in [3.63, 3.8) is 0 Å². The van der Waals surface area contributed by atoms with E-state index in [0.717, 1.165) is 23.6 Å². The number of nitrogens with zero attached hydrogens (tertiary/aromatic N) is 5. The maximum Gasteiger partial charge on any atom is 0.258 e. The molecule has 2 aromatic carbocycles. The Balaban J connectivity index is 1.51. The molecule has 1 atom stereocenters. The molecule has 4 aromatic rings. The summed E-state index contributed by atoms with van der Waals surface area (Å²) < 4.78 is 38.0. The molecule has 0 spiro atoms. The smallest absolute Gasteiger partial charge is 0.258 e. The van der Waals surface area contributed by atoms with E-state index in [-0.39, 0.29) is 24.3 Å². The third-order valence-corrected chi connectivity index (χ3v) is 7.62. The quantitative estimate of drug-likeness (QED) is 0.188. The van der Waals surface area contributed by atoms with Gasteiger partial charge in [-0.05, 0) is 61.2 Å². The zero-order chi connectivity index (χ0) is 31.9. The Labute approximate surface area is 255 Å². The molecule has 44 heavy (non-hydrogen) atoms. The number of carbonyl (C=O) groups is 1. The minimum Gasteiger partial charge on any atom is -0.382 e. The van der Waals surface area contributed by atoms with Gasteiger partial charge in [0, 0.05) is 25.5 Å². The third kappa shape index (κ3) is 8.43. The molecule has 0 bridgehead atoms. The number of sulfonamides is 1. The molecule has 0 saturated carbocycles. The molecule has 0 fully saturated rings. The van der Waals surface area contributed by atoms with Crippen molar-refractivity contribution in [3.8, 4) is 11.8 Å². The highest BCUT2D eigenvalue weighted by atomic mass is 32.2. The highest BCUT2D eigenvalue weighted by Crippen LogP contribution is 2.25. The Morgan fingerprint density at radius 1 is 1.14 bits per heavy atom. The van der Waals surface area contributed by atoms with Crippen LogP contribution in [0.5, 0.6) is 0 Å². The van der Waals surface area contributed by atoms with Gasteiger partial charge in [0.25, 0.3) is 5.91 Å². The molecule has 4 rings (SSSR count). The van der Waals surface area contributed by atoms with Gasteiger partial charge in [0.2, 0.25) is 10.0 Å². The van der Waals surface area contributed by atoms with Crippen LogP contribution in [0.15, 0.2) is 72.1 Å². The molecule has 0 radical (unpaired) electrons. The van der Waals surface area contributed by atoms with E-state index in [4.69, 9.17) is 5.73 Å². The van der Waals surface area contributed by atoms with Crippen molar-refractivity contribution in [1.82, 2.24) is 19.3 Å². The highest BCUT2D eigenvalue weighted by Gasteiger charge is 2.16. The number of hydrogen-bond donors (Lipinski definition) is 3. The molecule has 1 amide bonds. The minimum absolute atomic E-state index is 0.158. The number of aliphatic imine (C=N–C) groups is 1. The van der Waals surface area contributed by atoms with Crippen LogP contribution < -0.4 is 16.4 Å². The van der Waals surface area contributed by atoms with E-state index >= 15 is 0 Å². The monoisotopic (exact) mass is 614 g/mol. The zero-order valence-electron chi connectivity index (χ0n) is 24.5.